The minimum atomic E-state index is -1.21. The van der Waals surface area contributed by atoms with Crippen LogP contribution in [-0.4, -0.2) is 43.5 Å². The molecule has 2 saturated heterocycles. The van der Waals surface area contributed by atoms with Crippen molar-refractivity contribution in [3.8, 4) is 11.5 Å². The first kappa shape index (κ1) is 19.8. The fourth-order valence-electron chi connectivity index (χ4n) is 5.53. The summed E-state index contributed by atoms with van der Waals surface area (Å²) >= 11 is 0. The van der Waals surface area contributed by atoms with Crippen LogP contribution in [0.5, 0.6) is 11.5 Å². The van der Waals surface area contributed by atoms with Crippen molar-refractivity contribution in [3.63, 3.8) is 0 Å². The van der Waals surface area contributed by atoms with Gasteiger partial charge in [0, 0.05) is 23.4 Å². The Morgan fingerprint density at radius 1 is 1.23 bits per heavy atom. The lowest BCUT2D eigenvalue weighted by atomic mass is 9.78. The number of rotatable bonds is 4. The van der Waals surface area contributed by atoms with Crippen LogP contribution in [0.25, 0.3) is 0 Å². The predicted molar refractivity (Wildman–Crippen MR) is 113 cm³/mol. The molecule has 0 radical (unpaired) electrons. The second-order valence-electron chi connectivity index (χ2n) is 8.24. The molecule has 162 valence electrons. The van der Waals surface area contributed by atoms with E-state index in [1.165, 1.54) is 19.2 Å². The molecule has 2 fully saturated rings. The van der Waals surface area contributed by atoms with Crippen molar-refractivity contribution in [1.82, 2.24) is 4.90 Å². The van der Waals surface area contributed by atoms with Gasteiger partial charge in [-0.15, -0.1) is 0 Å². The second kappa shape index (κ2) is 7.23. The first-order chi connectivity index (χ1) is 15.0. The number of methoxy groups -OCH3 is 2. The number of amides is 2. The van der Waals surface area contributed by atoms with E-state index in [0.717, 1.165) is 12.8 Å². The van der Waals surface area contributed by atoms with Gasteiger partial charge in [0.05, 0.1) is 25.8 Å². The lowest BCUT2D eigenvalue weighted by Gasteiger charge is -2.36. The van der Waals surface area contributed by atoms with Crippen LogP contribution in [0.3, 0.4) is 0 Å². The number of fused-ring (bicyclic) bond motifs is 4. The molecule has 5 rings (SSSR count). The van der Waals surface area contributed by atoms with E-state index in [0.29, 0.717) is 41.4 Å². The summed E-state index contributed by atoms with van der Waals surface area (Å²) in [4.78, 5) is 29.1. The molecule has 0 saturated carbocycles. The van der Waals surface area contributed by atoms with Crippen LogP contribution in [0.2, 0.25) is 0 Å². The lowest BCUT2D eigenvalue weighted by molar-refractivity contribution is -0.135. The predicted octanol–water partition coefficient (Wildman–Crippen LogP) is 3.11. The van der Waals surface area contributed by atoms with Crippen LogP contribution in [0, 0.1) is 11.7 Å². The molecular weight excluding hydrogens is 401 g/mol. The number of hydrogen-bond acceptors (Lipinski definition) is 5. The van der Waals surface area contributed by atoms with Crippen molar-refractivity contribution in [3.05, 3.63) is 47.8 Å². The number of hydrogen-bond donors (Lipinski definition) is 2. The fourth-order valence-corrected chi connectivity index (χ4v) is 5.53. The van der Waals surface area contributed by atoms with Gasteiger partial charge < -0.3 is 20.1 Å². The Labute approximate surface area is 179 Å². The highest BCUT2D eigenvalue weighted by Gasteiger charge is 2.65. The Balaban J connectivity index is 1.57. The largest absolute Gasteiger partial charge is 0.497 e. The molecule has 0 aromatic heterocycles. The summed E-state index contributed by atoms with van der Waals surface area (Å²) < 4.78 is 24.9. The SMILES string of the molecule is COc1ccc(OC)c(NC(=O)[C@@H]2C[C@@H]3CCCN3[C@@]23C(=O)Nc2ccc(F)cc23)c1. The molecule has 3 atom stereocenters. The van der Waals surface area contributed by atoms with E-state index in [9.17, 15) is 14.0 Å². The summed E-state index contributed by atoms with van der Waals surface area (Å²) in [7, 11) is 3.07. The van der Waals surface area contributed by atoms with Crippen LogP contribution < -0.4 is 20.1 Å². The molecular formula is C23H24FN3O4. The molecule has 2 amide bonds. The molecule has 2 aromatic rings. The summed E-state index contributed by atoms with van der Waals surface area (Å²) in [5.74, 6) is -0.598. The average Bonchev–Trinajstić information content (AvgIpc) is 3.42. The van der Waals surface area contributed by atoms with Crippen molar-refractivity contribution in [2.24, 2.45) is 5.92 Å². The minimum Gasteiger partial charge on any atom is -0.497 e. The van der Waals surface area contributed by atoms with E-state index in [2.05, 4.69) is 15.5 Å². The topological polar surface area (TPSA) is 79.9 Å². The van der Waals surface area contributed by atoms with Crippen LogP contribution >= 0.6 is 0 Å². The Bertz CT molecular complexity index is 1070. The third kappa shape index (κ3) is 2.81. The number of carbonyl (C=O) groups excluding carboxylic acids is 2. The van der Waals surface area contributed by atoms with Crippen molar-refractivity contribution in [1.29, 1.82) is 0 Å². The molecule has 0 unspecified atom stereocenters. The van der Waals surface area contributed by atoms with Gasteiger partial charge in [-0.25, -0.2) is 4.39 Å². The maximum atomic E-state index is 14.2. The molecule has 3 aliphatic rings. The summed E-state index contributed by atoms with van der Waals surface area (Å²) in [6.07, 6.45) is 2.38. The van der Waals surface area contributed by atoms with Crippen LogP contribution in [-0.2, 0) is 15.1 Å². The molecule has 3 aliphatic heterocycles. The molecule has 7 nitrogen and oxygen atoms in total. The zero-order chi connectivity index (χ0) is 21.8. The second-order valence-corrected chi connectivity index (χ2v) is 8.24. The third-order valence-electron chi connectivity index (χ3n) is 6.81. The number of nitrogens with zero attached hydrogens (tertiary/aromatic N) is 1. The van der Waals surface area contributed by atoms with Crippen molar-refractivity contribution in [2.75, 3.05) is 31.4 Å². The zero-order valence-electron chi connectivity index (χ0n) is 17.4. The van der Waals surface area contributed by atoms with Crippen molar-refractivity contribution < 1.29 is 23.5 Å². The summed E-state index contributed by atoms with van der Waals surface area (Å²) in [5, 5.41) is 5.83. The Morgan fingerprint density at radius 2 is 2.06 bits per heavy atom. The summed E-state index contributed by atoms with van der Waals surface area (Å²) in [5.41, 5.74) is 0.358. The van der Waals surface area contributed by atoms with Gasteiger partial charge in [-0.3, -0.25) is 14.5 Å². The van der Waals surface area contributed by atoms with Gasteiger partial charge in [-0.1, -0.05) is 0 Å². The lowest BCUT2D eigenvalue weighted by Crippen LogP contribution is -2.53. The highest BCUT2D eigenvalue weighted by Crippen LogP contribution is 2.55. The number of ether oxygens (including phenoxy) is 2. The highest BCUT2D eigenvalue weighted by atomic mass is 19.1. The highest BCUT2D eigenvalue weighted by molar-refractivity contribution is 6.10. The molecule has 0 bridgehead atoms. The van der Waals surface area contributed by atoms with Gasteiger partial charge in [0.15, 0.2) is 0 Å². The van der Waals surface area contributed by atoms with E-state index in [4.69, 9.17) is 9.47 Å². The van der Waals surface area contributed by atoms with Gasteiger partial charge >= 0.3 is 0 Å². The fraction of sp³-hybridized carbons (Fsp3) is 0.391. The average molecular weight is 425 g/mol. The maximum Gasteiger partial charge on any atom is 0.250 e. The van der Waals surface area contributed by atoms with E-state index in [1.807, 2.05) is 0 Å². The smallest absolute Gasteiger partial charge is 0.250 e. The van der Waals surface area contributed by atoms with Gasteiger partial charge in [0.25, 0.3) is 0 Å². The Hall–Kier alpha value is -3.13. The molecule has 2 aromatic carbocycles. The maximum absolute atomic E-state index is 14.2. The number of carbonyl (C=O) groups is 2. The van der Waals surface area contributed by atoms with E-state index < -0.39 is 17.3 Å². The minimum absolute atomic E-state index is 0.0999. The Morgan fingerprint density at radius 3 is 2.84 bits per heavy atom. The normalized spacial score (nSPS) is 26.5. The van der Waals surface area contributed by atoms with Crippen LogP contribution in [0.4, 0.5) is 15.8 Å². The monoisotopic (exact) mass is 425 g/mol. The number of halogens is 1. The molecule has 0 aliphatic carbocycles. The first-order valence-electron chi connectivity index (χ1n) is 10.4. The molecule has 2 N–H and O–H groups in total. The van der Waals surface area contributed by atoms with Crippen molar-refractivity contribution in [2.45, 2.75) is 30.8 Å². The third-order valence-corrected chi connectivity index (χ3v) is 6.81. The van der Waals surface area contributed by atoms with Crippen LogP contribution in [0.1, 0.15) is 24.8 Å². The van der Waals surface area contributed by atoms with Gasteiger partial charge in [0.2, 0.25) is 11.8 Å². The van der Waals surface area contributed by atoms with E-state index in [-0.39, 0.29) is 17.9 Å². The van der Waals surface area contributed by atoms with Gasteiger partial charge in [-0.2, -0.15) is 0 Å². The molecule has 8 heteroatoms. The van der Waals surface area contributed by atoms with E-state index >= 15 is 0 Å². The number of nitrogens with one attached hydrogen (secondary N) is 2. The Kier molecular flexibility index (Phi) is 4.62. The van der Waals surface area contributed by atoms with E-state index in [1.54, 1.807) is 31.4 Å². The molecule has 1 spiro atoms. The standard InChI is InChI=1S/C23H24FN3O4/c1-30-15-6-8-20(31-2)19(12-15)25-21(28)17-11-14-4-3-9-27(14)23(17)16-10-13(24)5-7-18(16)26-22(23)29/h5-8,10,12,14,17H,3-4,9,11H2,1-2H3,(H,25,28)(H,26,29)/t14-,17-,23+/m0/s1. The molecule has 3 heterocycles. The van der Waals surface area contributed by atoms with Gasteiger partial charge in [-0.05, 0) is 56.1 Å². The first-order valence-corrected chi connectivity index (χ1v) is 10.4. The van der Waals surface area contributed by atoms with Crippen molar-refractivity contribution >= 4 is 23.2 Å². The zero-order valence-corrected chi connectivity index (χ0v) is 17.4. The quantitative estimate of drug-likeness (QED) is 0.787. The number of benzene rings is 2. The van der Waals surface area contributed by atoms with Crippen LogP contribution in [0.15, 0.2) is 36.4 Å². The molecule has 31 heavy (non-hydrogen) atoms. The summed E-state index contributed by atoms with van der Waals surface area (Å²) in [6.45, 7) is 0.695. The number of anilines is 2. The summed E-state index contributed by atoms with van der Waals surface area (Å²) in [6, 6.07) is 9.52. The van der Waals surface area contributed by atoms with Gasteiger partial charge in [0.1, 0.15) is 22.9 Å².